The van der Waals surface area contributed by atoms with Gasteiger partial charge in [0.05, 0.1) is 12.6 Å². The van der Waals surface area contributed by atoms with Gasteiger partial charge in [-0.1, -0.05) is 37.5 Å². The second kappa shape index (κ2) is 8.03. The molecule has 3 aliphatic heterocycles. The Hall–Kier alpha value is -1.59. The van der Waals surface area contributed by atoms with Crippen LogP contribution in [0, 0.1) is 0 Å². The highest BCUT2D eigenvalue weighted by molar-refractivity contribution is 5.79. The van der Waals surface area contributed by atoms with Gasteiger partial charge in [0.15, 0.2) is 0 Å². The van der Waals surface area contributed by atoms with Gasteiger partial charge >= 0.3 is 0 Å². The minimum atomic E-state index is 0.335. The van der Waals surface area contributed by atoms with Crippen molar-refractivity contribution in [2.24, 2.45) is 0 Å². The van der Waals surface area contributed by atoms with Crippen LogP contribution in [0.3, 0.4) is 0 Å². The molecule has 0 spiro atoms. The van der Waals surface area contributed by atoms with Crippen LogP contribution in [0.1, 0.15) is 37.7 Å². The summed E-state index contributed by atoms with van der Waals surface area (Å²) in [5.74, 6) is 0.335. The Labute approximate surface area is 169 Å². The molecule has 5 heteroatoms. The Morgan fingerprint density at radius 1 is 0.893 bits per heavy atom. The normalized spacial score (nSPS) is 26.9. The maximum absolute atomic E-state index is 13.0. The number of para-hydroxylation sites is 1. The first-order valence-corrected chi connectivity index (χ1v) is 11.4. The number of fused-ring (bicyclic) bond motifs is 3. The third-order valence-electron chi connectivity index (χ3n) is 7.45. The van der Waals surface area contributed by atoms with Crippen molar-refractivity contribution in [3.8, 4) is 0 Å². The minimum absolute atomic E-state index is 0.335. The van der Waals surface area contributed by atoms with Gasteiger partial charge in [-0.25, -0.2) is 0 Å². The van der Waals surface area contributed by atoms with Gasteiger partial charge in [0.1, 0.15) is 0 Å². The maximum atomic E-state index is 13.0. The van der Waals surface area contributed by atoms with Gasteiger partial charge < -0.3 is 9.80 Å². The standard InChI is InChI=1S/C23H34N4O/c28-23(18-24-10-12-25(13-11-24)20-7-2-1-3-8-20)26-14-15-27-21(17-26)16-19-6-4-5-9-22(19)27/h4-6,9,20-21H,1-3,7-8,10-18H2/t21-/m0/s1. The van der Waals surface area contributed by atoms with E-state index in [9.17, 15) is 4.79 Å². The first-order valence-electron chi connectivity index (χ1n) is 11.4. The van der Waals surface area contributed by atoms with Gasteiger partial charge in [0, 0.05) is 57.5 Å². The zero-order valence-corrected chi connectivity index (χ0v) is 17.1. The molecule has 1 aromatic rings. The topological polar surface area (TPSA) is 30.0 Å². The summed E-state index contributed by atoms with van der Waals surface area (Å²) in [5, 5.41) is 0. The molecule has 4 aliphatic rings. The van der Waals surface area contributed by atoms with E-state index in [1.54, 1.807) is 0 Å². The summed E-state index contributed by atoms with van der Waals surface area (Å²) in [5.41, 5.74) is 2.83. The van der Waals surface area contributed by atoms with Crippen molar-refractivity contribution < 1.29 is 4.79 Å². The Morgan fingerprint density at radius 3 is 2.50 bits per heavy atom. The van der Waals surface area contributed by atoms with Crippen molar-refractivity contribution in [1.29, 1.82) is 0 Å². The van der Waals surface area contributed by atoms with E-state index in [1.165, 1.54) is 43.4 Å². The summed E-state index contributed by atoms with van der Waals surface area (Å²) in [6.45, 7) is 7.73. The van der Waals surface area contributed by atoms with E-state index in [2.05, 4.69) is 43.9 Å². The fraction of sp³-hybridized carbons (Fsp3) is 0.696. The number of carbonyl (C=O) groups is 1. The Kier molecular flexibility index (Phi) is 5.29. The monoisotopic (exact) mass is 382 g/mol. The van der Waals surface area contributed by atoms with Crippen LogP contribution >= 0.6 is 0 Å². The molecule has 3 fully saturated rings. The van der Waals surface area contributed by atoms with Crippen LogP contribution in [0.2, 0.25) is 0 Å². The van der Waals surface area contributed by atoms with Crippen molar-refractivity contribution in [3.63, 3.8) is 0 Å². The number of piperazine rings is 2. The Balaban J connectivity index is 1.11. The summed E-state index contributed by atoms with van der Waals surface area (Å²) in [6, 6.07) is 10.0. The first kappa shape index (κ1) is 18.4. The van der Waals surface area contributed by atoms with E-state index >= 15 is 0 Å². The van der Waals surface area contributed by atoms with Gasteiger partial charge in [-0.05, 0) is 30.9 Å². The number of carbonyl (C=O) groups excluding carboxylic acids is 1. The molecule has 0 bridgehead atoms. The van der Waals surface area contributed by atoms with Crippen LogP contribution in [0.5, 0.6) is 0 Å². The highest BCUT2D eigenvalue weighted by atomic mass is 16.2. The van der Waals surface area contributed by atoms with Crippen LogP contribution in [0.15, 0.2) is 24.3 Å². The van der Waals surface area contributed by atoms with Crippen LogP contribution in [0.4, 0.5) is 5.69 Å². The molecule has 1 aromatic carbocycles. The Morgan fingerprint density at radius 2 is 1.68 bits per heavy atom. The number of hydrogen-bond donors (Lipinski definition) is 0. The van der Waals surface area contributed by atoms with E-state index in [1.807, 2.05) is 0 Å². The lowest BCUT2D eigenvalue weighted by Crippen LogP contribution is -2.57. The highest BCUT2D eigenvalue weighted by Crippen LogP contribution is 2.33. The molecule has 28 heavy (non-hydrogen) atoms. The highest BCUT2D eigenvalue weighted by Gasteiger charge is 2.36. The van der Waals surface area contributed by atoms with Crippen molar-refractivity contribution in [1.82, 2.24) is 14.7 Å². The average Bonchev–Trinajstić information content (AvgIpc) is 3.13. The van der Waals surface area contributed by atoms with Gasteiger partial charge in [0.25, 0.3) is 0 Å². The lowest BCUT2D eigenvalue weighted by molar-refractivity contribution is -0.133. The van der Waals surface area contributed by atoms with Gasteiger partial charge in [-0.3, -0.25) is 14.6 Å². The second-order valence-electron chi connectivity index (χ2n) is 9.12. The number of amides is 1. The number of anilines is 1. The molecule has 1 saturated carbocycles. The zero-order valence-electron chi connectivity index (χ0n) is 17.1. The van der Waals surface area contributed by atoms with Crippen LogP contribution < -0.4 is 4.90 Å². The van der Waals surface area contributed by atoms with Crippen LogP contribution in [-0.2, 0) is 11.2 Å². The summed E-state index contributed by atoms with van der Waals surface area (Å²) in [7, 11) is 0. The lowest BCUT2D eigenvalue weighted by Gasteiger charge is -2.42. The molecule has 0 aromatic heterocycles. The van der Waals surface area contributed by atoms with Gasteiger partial charge in [0.2, 0.25) is 5.91 Å². The van der Waals surface area contributed by atoms with Crippen LogP contribution in [-0.4, -0.2) is 85.0 Å². The molecular formula is C23H34N4O. The molecule has 5 nitrogen and oxygen atoms in total. The Bertz CT molecular complexity index is 694. The van der Waals surface area contributed by atoms with Crippen LogP contribution in [0.25, 0.3) is 0 Å². The zero-order chi connectivity index (χ0) is 18.9. The number of hydrogen-bond acceptors (Lipinski definition) is 4. The summed E-state index contributed by atoms with van der Waals surface area (Å²) < 4.78 is 0. The predicted molar refractivity (Wildman–Crippen MR) is 113 cm³/mol. The van der Waals surface area contributed by atoms with Crippen molar-refractivity contribution in [2.75, 3.05) is 57.3 Å². The molecule has 0 radical (unpaired) electrons. The molecule has 2 saturated heterocycles. The van der Waals surface area contributed by atoms with E-state index in [0.29, 0.717) is 18.5 Å². The quantitative estimate of drug-likeness (QED) is 0.802. The third kappa shape index (κ3) is 3.67. The third-order valence-corrected chi connectivity index (χ3v) is 7.45. The minimum Gasteiger partial charge on any atom is -0.364 e. The molecule has 152 valence electrons. The maximum Gasteiger partial charge on any atom is 0.236 e. The molecule has 5 rings (SSSR count). The summed E-state index contributed by atoms with van der Waals surface area (Å²) in [4.78, 5) is 22.7. The van der Waals surface area contributed by atoms with E-state index < -0.39 is 0 Å². The molecule has 1 amide bonds. The molecular weight excluding hydrogens is 348 g/mol. The van der Waals surface area contributed by atoms with Crippen molar-refractivity contribution >= 4 is 11.6 Å². The molecule has 0 unspecified atom stereocenters. The predicted octanol–water partition coefficient (Wildman–Crippen LogP) is 2.21. The van der Waals surface area contributed by atoms with Crippen molar-refractivity contribution in [3.05, 3.63) is 29.8 Å². The number of nitrogens with zero attached hydrogens (tertiary/aromatic N) is 4. The van der Waals surface area contributed by atoms with Gasteiger partial charge in [-0.15, -0.1) is 0 Å². The van der Waals surface area contributed by atoms with Crippen molar-refractivity contribution in [2.45, 2.75) is 50.6 Å². The fourth-order valence-electron chi connectivity index (χ4n) is 5.82. The molecule has 3 heterocycles. The first-order chi connectivity index (χ1) is 13.8. The largest absolute Gasteiger partial charge is 0.364 e. The fourth-order valence-corrected chi connectivity index (χ4v) is 5.82. The molecule has 1 atom stereocenters. The lowest BCUT2D eigenvalue weighted by atomic mass is 9.94. The molecule has 0 N–H and O–H groups in total. The SMILES string of the molecule is O=C(CN1CCN(C2CCCCC2)CC1)N1CCN2c3ccccc3C[C@H]2C1. The summed E-state index contributed by atoms with van der Waals surface area (Å²) in [6.07, 6.45) is 8.07. The molecule has 1 aliphatic carbocycles. The smallest absolute Gasteiger partial charge is 0.236 e. The van der Waals surface area contributed by atoms with E-state index in [4.69, 9.17) is 0 Å². The number of rotatable bonds is 3. The number of benzene rings is 1. The second-order valence-corrected chi connectivity index (χ2v) is 9.12. The average molecular weight is 383 g/mol. The van der Waals surface area contributed by atoms with Gasteiger partial charge in [-0.2, -0.15) is 0 Å². The van der Waals surface area contributed by atoms with E-state index in [-0.39, 0.29) is 0 Å². The summed E-state index contributed by atoms with van der Waals surface area (Å²) >= 11 is 0. The van der Waals surface area contributed by atoms with E-state index in [0.717, 1.165) is 58.3 Å².